The van der Waals surface area contributed by atoms with Gasteiger partial charge >= 0.3 is 0 Å². The highest BCUT2D eigenvalue weighted by atomic mass is 16.4. The second kappa shape index (κ2) is 7.22. The summed E-state index contributed by atoms with van der Waals surface area (Å²) in [6.45, 7) is 2.20. The highest BCUT2D eigenvalue weighted by Crippen LogP contribution is 2.26. The average molecular weight is 367 g/mol. The fourth-order valence-corrected chi connectivity index (χ4v) is 3.35. The maximum absolute atomic E-state index is 12.3. The fourth-order valence-electron chi connectivity index (χ4n) is 3.35. The third-order valence-corrected chi connectivity index (χ3v) is 4.82. The summed E-state index contributed by atoms with van der Waals surface area (Å²) in [6, 6.07) is 11.1. The number of benzene rings is 1. The van der Waals surface area contributed by atoms with Gasteiger partial charge in [0.2, 0.25) is 0 Å². The molecule has 1 N–H and O–H groups in total. The van der Waals surface area contributed by atoms with E-state index >= 15 is 0 Å². The van der Waals surface area contributed by atoms with Gasteiger partial charge in [0.15, 0.2) is 5.58 Å². The van der Waals surface area contributed by atoms with Crippen LogP contribution in [0.4, 0.5) is 6.01 Å². The Morgan fingerprint density at radius 3 is 2.96 bits per heavy atom. The zero-order chi connectivity index (χ0) is 18.8. The highest BCUT2D eigenvalue weighted by Gasteiger charge is 2.24. The number of rotatable bonds is 4. The molecule has 4 rings (SSSR count). The number of hydrogen-bond donors (Lipinski definition) is 1. The Hall–Kier alpha value is -3.16. The number of amides is 1. The van der Waals surface area contributed by atoms with E-state index in [2.05, 4.69) is 20.3 Å². The van der Waals surface area contributed by atoms with E-state index in [4.69, 9.17) is 4.42 Å². The molecule has 0 saturated carbocycles. The standard InChI is InChI=1S/C19H21N5O3/c1-23-17(25)9-8-15(22-23)18(26)20-11-13-5-4-10-24(12-13)19-21-14-6-2-3-7-16(14)27-19/h2-3,6-9,13H,4-5,10-12H2,1H3,(H,20,26). The number of fused-ring (bicyclic) bond motifs is 1. The molecule has 0 spiro atoms. The van der Waals surface area contributed by atoms with Crippen LogP contribution in [0.2, 0.25) is 0 Å². The molecule has 0 aliphatic carbocycles. The van der Waals surface area contributed by atoms with Gasteiger partial charge in [-0.3, -0.25) is 9.59 Å². The summed E-state index contributed by atoms with van der Waals surface area (Å²) in [4.78, 5) is 30.4. The van der Waals surface area contributed by atoms with E-state index in [1.165, 1.54) is 19.2 Å². The predicted molar refractivity (Wildman–Crippen MR) is 101 cm³/mol. The van der Waals surface area contributed by atoms with Crippen LogP contribution in [0, 0.1) is 5.92 Å². The van der Waals surface area contributed by atoms with E-state index in [1.807, 2.05) is 24.3 Å². The maximum Gasteiger partial charge on any atom is 0.298 e. The van der Waals surface area contributed by atoms with Crippen LogP contribution in [-0.2, 0) is 7.05 Å². The number of anilines is 1. The molecule has 1 unspecified atom stereocenters. The molecular formula is C19H21N5O3. The lowest BCUT2D eigenvalue weighted by atomic mass is 9.98. The molecule has 1 aliphatic rings. The van der Waals surface area contributed by atoms with Crippen molar-refractivity contribution in [2.45, 2.75) is 12.8 Å². The van der Waals surface area contributed by atoms with E-state index in [-0.39, 0.29) is 17.2 Å². The zero-order valence-electron chi connectivity index (χ0n) is 15.1. The molecule has 1 amide bonds. The van der Waals surface area contributed by atoms with E-state index in [9.17, 15) is 9.59 Å². The van der Waals surface area contributed by atoms with Gasteiger partial charge in [-0.1, -0.05) is 12.1 Å². The minimum atomic E-state index is -0.274. The van der Waals surface area contributed by atoms with Crippen molar-refractivity contribution < 1.29 is 9.21 Å². The normalized spacial score (nSPS) is 17.2. The monoisotopic (exact) mass is 367 g/mol. The van der Waals surface area contributed by atoms with Gasteiger partial charge in [0.1, 0.15) is 11.2 Å². The lowest BCUT2D eigenvalue weighted by molar-refractivity contribution is 0.0938. The lowest BCUT2D eigenvalue weighted by Gasteiger charge is -2.31. The summed E-state index contributed by atoms with van der Waals surface area (Å²) in [5.74, 6) is 0.0230. The molecule has 1 saturated heterocycles. The van der Waals surface area contributed by atoms with Gasteiger partial charge in [0, 0.05) is 32.7 Å². The van der Waals surface area contributed by atoms with Crippen molar-refractivity contribution in [1.82, 2.24) is 20.1 Å². The Kier molecular flexibility index (Phi) is 4.62. The second-order valence-electron chi connectivity index (χ2n) is 6.81. The number of carbonyl (C=O) groups excluding carboxylic acids is 1. The van der Waals surface area contributed by atoms with Crippen LogP contribution < -0.4 is 15.8 Å². The SMILES string of the molecule is Cn1nc(C(=O)NCC2CCCN(c3nc4ccccc4o3)C2)ccc1=O. The first-order valence-electron chi connectivity index (χ1n) is 9.03. The largest absolute Gasteiger partial charge is 0.423 e. The average Bonchev–Trinajstić information content (AvgIpc) is 3.13. The Labute approximate surface area is 155 Å². The third-order valence-electron chi connectivity index (χ3n) is 4.82. The molecule has 3 aromatic rings. The third kappa shape index (κ3) is 3.69. The van der Waals surface area contributed by atoms with Gasteiger partial charge in [-0.2, -0.15) is 10.1 Å². The smallest absolute Gasteiger partial charge is 0.298 e. The molecule has 1 aromatic carbocycles. The van der Waals surface area contributed by atoms with Crippen molar-refractivity contribution in [3.8, 4) is 0 Å². The molecule has 27 heavy (non-hydrogen) atoms. The fraction of sp³-hybridized carbons (Fsp3) is 0.368. The van der Waals surface area contributed by atoms with Gasteiger partial charge in [-0.25, -0.2) is 4.68 Å². The number of carbonyl (C=O) groups is 1. The highest BCUT2D eigenvalue weighted by molar-refractivity contribution is 5.91. The topological polar surface area (TPSA) is 93.3 Å². The molecule has 2 aromatic heterocycles. The van der Waals surface area contributed by atoms with Gasteiger partial charge in [-0.15, -0.1) is 0 Å². The van der Waals surface area contributed by atoms with Crippen LogP contribution in [0.5, 0.6) is 0 Å². The minimum Gasteiger partial charge on any atom is -0.423 e. The Bertz CT molecular complexity index is 992. The van der Waals surface area contributed by atoms with Crippen molar-refractivity contribution in [2.24, 2.45) is 13.0 Å². The number of nitrogens with zero attached hydrogens (tertiary/aromatic N) is 4. The zero-order valence-corrected chi connectivity index (χ0v) is 15.1. The molecule has 1 fully saturated rings. The summed E-state index contributed by atoms with van der Waals surface area (Å²) in [5.41, 5.74) is 1.63. The predicted octanol–water partition coefficient (Wildman–Crippen LogP) is 1.57. The number of para-hydroxylation sites is 2. The van der Waals surface area contributed by atoms with Crippen molar-refractivity contribution in [3.63, 3.8) is 0 Å². The lowest BCUT2D eigenvalue weighted by Crippen LogP contribution is -2.41. The number of nitrogens with one attached hydrogen (secondary N) is 1. The van der Waals surface area contributed by atoms with Gasteiger partial charge in [0.05, 0.1) is 0 Å². The van der Waals surface area contributed by atoms with Crippen LogP contribution in [0.15, 0.2) is 45.6 Å². The summed E-state index contributed by atoms with van der Waals surface area (Å²) in [7, 11) is 1.53. The van der Waals surface area contributed by atoms with Gasteiger partial charge in [0.25, 0.3) is 17.5 Å². The van der Waals surface area contributed by atoms with Gasteiger partial charge in [-0.05, 0) is 37.0 Å². The summed E-state index contributed by atoms with van der Waals surface area (Å²) >= 11 is 0. The quantitative estimate of drug-likeness (QED) is 0.752. The molecule has 8 heteroatoms. The Morgan fingerprint density at radius 2 is 2.15 bits per heavy atom. The molecule has 3 heterocycles. The van der Waals surface area contributed by atoms with Crippen molar-refractivity contribution >= 4 is 23.0 Å². The van der Waals surface area contributed by atoms with Gasteiger partial charge < -0.3 is 14.6 Å². The number of aromatic nitrogens is 3. The number of hydrogen-bond acceptors (Lipinski definition) is 6. The van der Waals surface area contributed by atoms with Crippen LogP contribution in [-0.4, -0.2) is 40.3 Å². The summed E-state index contributed by atoms with van der Waals surface area (Å²) < 4.78 is 7.02. The summed E-state index contributed by atoms with van der Waals surface area (Å²) in [6.07, 6.45) is 2.04. The van der Waals surface area contributed by atoms with Crippen LogP contribution in [0.3, 0.4) is 0 Å². The first-order valence-corrected chi connectivity index (χ1v) is 9.03. The van der Waals surface area contributed by atoms with Crippen molar-refractivity contribution in [3.05, 3.63) is 52.4 Å². The molecule has 0 radical (unpaired) electrons. The second-order valence-corrected chi connectivity index (χ2v) is 6.81. The number of piperidine rings is 1. The first kappa shape index (κ1) is 17.3. The number of aryl methyl sites for hydroxylation is 1. The van der Waals surface area contributed by atoms with Crippen molar-refractivity contribution in [2.75, 3.05) is 24.5 Å². The van der Waals surface area contributed by atoms with E-state index in [0.29, 0.717) is 18.5 Å². The van der Waals surface area contributed by atoms with Crippen LogP contribution >= 0.6 is 0 Å². The van der Waals surface area contributed by atoms with Crippen molar-refractivity contribution in [1.29, 1.82) is 0 Å². The van der Waals surface area contributed by atoms with Crippen LogP contribution in [0.1, 0.15) is 23.3 Å². The van der Waals surface area contributed by atoms with E-state index in [0.717, 1.165) is 41.7 Å². The maximum atomic E-state index is 12.3. The van der Waals surface area contributed by atoms with E-state index in [1.54, 1.807) is 0 Å². The molecular weight excluding hydrogens is 346 g/mol. The molecule has 0 bridgehead atoms. The first-order chi connectivity index (χ1) is 13.1. The molecule has 140 valence electrons. The van der Waals surface area contributed by atoms with E-state index < -0.39 is 0 Å². The molecule has 8 nitrogen and oxygen atoms in total. The number of oxazole rings is 1. The Morgan fingerprint density at radius 1 is 1.30 bits per heavy atom. The molecule has 1 aliphatic heterocycles. The molecule has 1 atom stereocenters. The minimum absolute atomic E-state index is 0.240. The summed E-state index contributed by atoms with van der Waals surface area (Å²) in [5, 5.41) is 6.90. The van der Waals surface area contributed by atoms with Crippen LogP contribution in [0.25, 0.3) is 11.1 Å². The Balaban J connectivity index is 1.38.